The zero-order valence-corrected chi connectivity index (χ0v) is 17.5. The lowest BCUT2D eigenvalue weighted by atomic mass is 9.95. The molecule has 0 spiro atoms. The van der Waals surface area contributed by atoms with Gasteiger partial charge in [-0.05, 0) is 51.5 Å². The Hall–Kier alpha value is -1.27. The minimum atomic E-state index is -0.566. The molecule has 0 bridgehead atoms. The lowest BCUT2D eigenvalue weighted by Gasteiger charge is -2.46. The van der Waals surface area contributed by atoms with E-state index in [1.807, 2.05) is 39.8 Å². The minimum Gasteiger partial charge on any atom is -0.444 e. The van der Waals surface area contributed by atoms with Gasteiger partial charge in [-0.25, -0.2) is 4.79 Å². The quantitative estimate of drug-likeness (QED) is 0.651. The van der Waals surface area contributed by atoms with Gasteiger partial charge in [0.1, 0.15) is 5.60 Å². The summed E-state index contributed by atoms with van der Waals surface area (Å²) in [5.41, 5.74) is 0.318. The van der Waals surface area contributed by atoms with Crippen molar-refractivity contribution >= 4 is 39.5 Å². The van der Waals surface area contributed by atoms with Gasteiger partial charge < -0.3 is 14.5 Å². The van der Waals surface area contributed by atoms with Crippen molar-refractivity contribution in [2.75, 3.05) is 13.1 Å². The van der Waals surface area contributed by atoms with Crippen molar-refractivity contribution < 1.29 is 14.3 Å². The maximum Gasteiger partial charge on any atom is 0.410 e. The highest BCUT2D eigenvalue weighted by atomic mass is 79.9. The Labute approximate surface area is 162 Å². The molecular formula is C18H24BrClN2O3. The van der Waals surface area contributed by atoms with Crippen LogP contribution in [0.2, 0.25) is 5.02 Å². The number of nitrogens with zero attached hydrogens (tertiary/aromatic N) is 2. The number of carbonyl (C=O) groups is 2. The number of hydrogen-bond acceptors (Lipinski definition) is 3. The zero-order chi connectivity index (χ0) is 18.9. The first-order chi connectivity index (χ1) is 11.5. The van der Waals surface area contributed by atoms with Crippen molar-refractivity contribution in [2.24, 2.45) is 0 Å². The third-order valence-electron chi connectivity index (χ3n) is 4.13. The third kappa shape index (κ3) is 4.88. The molecule has 1 aromatic carbocycles. The molecule has 2 amide bonds. The Kier molecular flexibility index (Phi) is 6.05. The second kappa shape index (κ2) is 7.54. The third-order valence-corrected chi connectivity index (χ3v) is 4.80. The van der Waals surface area contributed by atoms with Crippen LogP contribution in [0.4, 0.5) is 4.79 Å². The second-order valence-corrected chi connectivity index (χ2v) is 8.63. The van der Waals surface area contributed by atoms with Gasteiger partial charge in [0, 0.05) is 29.5 Å². The molecule has 2 unspecified atom stereocenters. The van der Waals surface area contributed by atoms with Crippen molar-refractivity contribution in [3.8, 4) is 0 Å². The van der Waals surface area contributed by atoms with Gasteiger partial charge in [-0.1, -0.05) is 27.5 Å². The topological polar surface area (TPSA) is 49.9 Å². The van der Waals surface area contributed by atoms with Crippen molar-refractivity contribution in [3.63, 3.8) is 0 Å². The average molecular weight is 432 g/mol. The number of carbonyl (C=O) groups excluding carboxylic acids is 2. The molecule has 1 aliphatic heterocycles. The number of benzene rings is 1. The molecule has 7 heteroatoms. The number of amides is 2. The largest absolute Gasteiger partial charge is 0.444 e. The first-order valence-corrected chi connectivity index (χ1v) is 9.39. The molecule has 0 radical (unpaired) electrons. The smallest absolute Gasteiger partial charge is 0.410 e. The monoisotopic (exact) mass is 430 g/mol. The van der Waals surface area contributed by atoms with Crippen LogP contribution in [0.1, 0.15) is 46.2 Å². The van der Waals surface area contributed by atoms with Gasteiger partial charge in [-0.15, -0.1) is 0 Å². The Balaban J connectivity index is 2.37. The Bertz CT molecular complexity index is 655. The fraction of sp³-hybridized carbons (Fsp3) is 0.556. The van der Waals surface area contributed by atoms with E-state index in [1.165, 1.54) is 0 Å². The van der Waals surface area contributed by atoms with Crippen LogP contribution in [0.5, 0.6) is 0 Å². The number of ether oxygens (including phenoxy) is 1. The standard InChI is InChI=1S/C18H24BrClN2O3/c1-11-16(13-8-14(19)10-15(20)9-13)22(12(2)23)7-6-21(11)17(24)25-18(3,4)5/h8-11,16H,6-7H2,1-5H3. The minimum absolute atomic E-state index is 0.0308. The van der Waals surface area contributed by atoms with E-state index in [-0.39, 0.29) is 24.1 Å². The summed E-state index contributed by atoms with van der Waals surface area (Å²) in [5.74, 6) is -0.0308. The molecular weight excluding hydrogens is 408 g/mol. The molecule has 0 N–H and O–H groups in total. The number of halogens is 2. The molecule has 2 atom stereocenters. The van der Waals surface area contributed by atoms with Gasteiger partial charge in [-0.2, -0.15) is 0 Å². The van der Waals surface area contributed by atoms with E-state index in [1.54, 1.807) is 22.8 Å². The van der Waals surface area contributed by atoms with E-state index in [9.17, 15) is 9.59 Å². The fourth-order valence-corrected chi connectivity index (χ4v) is 4.01. The highest BCUT2D eigenvalue weighted by Crippen LogP contribution is 2.35. The maximum absolute atomic E-state index is 12.6. The van der Waals surface area contributed by atoms with Gasteiger partial charge in [0.25, 0.3) is 0 Å². The lowest BCUT2D eigenvalue weighted by Crippen LogP contribution is -2.57. The number of piperazine rings is 1. The summed E-state index contributed by atoms with van der Waals surface area (Å²) in [5, 5.41) is 0.578. The molecule has 1 heterocycles. The highest BCUT2D eigenvalue weighted by Gasteiger charge is 2.40. The van der Waals surface area contributed by atoms with Gasteiger partial charge in [-0.3, -0.25) is 4.79 Å². The van der Waals surface area contributed by atoms with E-state index in [0.717, 1.165) is 10.0 Å². The molecule has 0 aliphatic carbocycles. The van der Waals surface area contributed by atoms with E-state index in [2.05, 4.69) is 15.9 Å². The average Bonchev–Trinajstić information content (AvgIpc) is 2.43. The van der Waals surface area contributed by atoms with Crippen molar-refractivity contribution in [1.29, 1.82) is 0 Å². The second-order valence-electron chi connectivity index (χ2n) is 7.27. The first kappa shape index (κ1) is 20.0. The van der Waals surface area contributed by atoms with Crippen LogP contribution in [0.25, 0.3) is 0 Å². The molecule has 25 heavy (non-hydrogen) atoms. The molecule has 1 saturated heterocycles. The van der Waals surface area contributed by atoms with E-state index in [0.29, 0.717) is 18.1 Å². The van der Waals surface area contributed by atoms with Crippen LogP contribution in [-0.2, 0) is 9.53 Å². The lowest BCUT2D eigenvalue weighted by molar-refractivity contribution is -0.136. The molecule has 1 fully saturated rings. The molecule has 1 aromatic rings. The molecule has 5 nitrogen and oxygen atoms in total. The van der Waals surface area contributed by atoms with Gasteiger partial charge in [0.2, 0.25) is 5.91 Å². The van der Waals surface area contributed by atoms with Gasteiger partial charge in [0.15, 0.2) is 0 Å². The molecule has 2 rings (SSSR count). The van der Waals surface area contributed by atoms with Crippen LogP contribution >= 0.6 is 27.5 Å². The fourth-order valence-electron chi connectivity index (χ4n) is 3.12. The van der Waals surface area contributed by atoms with Crippen LogP contribution < -0.4 is 0 Å². The molecule has 138 valence electrons. The van der Waals surface area contributed by atoms with E-state index >= 15 is 0 Å². The van der Waals surface area contributed by atoms with E-state index in [4.69, 9.17) is 16.3 Å². The Morgan fingerprint density at radius 2 is 1.80 bits per heavy atom. The van der Waals surface area contributed by atoms with Crippen LogP contribution in [-0.4, -0.2) is 46.5 Å². The summed E-state index contributed by atoms with van der Waals surface area (Å²) in [6, 6.07) is 5.04. The van der Waals surface area contributed by atoms with Crippen molar-refractivity contribution in [1.82, 2.24) is 9.80 Å². The zero-order valence-electron chi connectivity index (χ0n) is 15.2. The molecule has 1 aliphatic rings. The SMILES string of the molecule is CC(=O)N1CCN(C(=O)OC(C)(C)C)C(C)C1c1cc(Cl)cc(Br)c1. The van der Waals surface area contributed by atoms with Crippen LogP contribution in [0.15, 0.2) is 22.7 Å². The highest BCUT2D eigenvalue weighted by molar-refractivity contribution is 9.10. The van der Waals surface area contributed by atoms with Crippen LogP contribution in [0, 0.1) is 0 Å². The predicted molar refractivity (Wildman–Crippen MR) is 102 cm³/mol. The van der Waals surface area contributed by atoms with Gasteiger partial charge >= 0.3 is 6.09 Å². The molecule has 0 aromatic heterocycles. The van der Waals surface area contributed by atoms with Crippen LogP contribution in [0.3, 0.4) is 0 Å². The van der Waals surface area contributed by atoms with Crippen molar-refractivity contribution in [3.05, 3.63) is 33.3 Å². The summed E-state index contributed by atoms with van der Waals surface area (Å²) in [6.45, 7) is 9.88. The predicted octanol–water partition coefficient (Wildman–Crippen LogP) is 4.63. The van der Waals surface area contributed by atoms with E-state index < -0.39 is 5.60 Å². The summed E-state index contributed by atoms with van der Waals surface area (Å²) >= 11 is 9.64. The maximum atomic E-state index is 12.6. The first-order valence-electron chi connectivity index (χ1n) is 8.22. The Morgan fingerprint density at radius 3 is 2.32 bits per heavy atom. The van der Waals surface area contributed by atoms with Gasteiger partial charge in [0.05, 0.1) is 12.1 Å². The number of hydrogen-bond donors (Lipinski definition) is 0. The normalized spacial score (nSPS) is 21.2. The summed E-state index contributed by atoms with van der Waals surface area (Å²) in [7, 11) is 0. The van der Waals surface area contributed by atoms with Crippen molar-refractivity contribution in [2.45, 2.75) is 52.3 Å². The summed E-state index contributed by atoms with van der Waals surface area (Å²) < 4.78 is 6.36. The molecule has 0 saturated carbocycles. The summed E-state index contributed by atoms with van der Waals surface area (Å²) in [4.78, 5) is 28.2. The number of rotatable bonds is 1. The summed E-state index contributed by atoms with van der Waals surface area (Å²) in [6.07, 6.45) is -0.366. The Morgan fingerprint density at radius 1 is 1.20 bits per heavy atom.